The molecule has 4 unspecified atom stereocenters. The second-order valence-electron chi connectivity index (χ2n) is 7.45. The molecule has 1 aliphatic carbocycles. The Kier molecular flexibility index (Phi) is 4.11. The number of fused-ring (bicyclic) bond motifs is 1. The first-order valence-electron chi connectivity index (χ1n) is 8.63. The Hall–Kier alpha value is -0.860. The highest BCUT2D eigenvalue weighted by Gasteiger charge is 2.44. The highest BCUT2D eigenvalue weighted by atomic mass is 15.2. The van der Waals surface area contributed by atoms with E-state index in [2.05, 4.69) is 49.9 Å². The highest BCUT2D eigenvalue weighted by molar-refractivity contribution is 5.39. The fraction of sp³-hybridized carbons (Fsp3) is 0.684. The molecule has 1 aliphatic heterocycles. The molecule has 1 aromatic carbocycles. The maximum absolute atomic E-state index is 6.37. The van der Waals surface area contributed by atoms with E-state index in [1.807, 2.05) is 0 Å². The molecule has 0 saturated carbocycles. The first-order valence-corrected chi connectivity index (χ1v) is 8.63. The standard InChI is InChI=1S/C19H30N2/c1-14-9-11-21(12-16(14)3)19(13-20)10-8-15(2)17-6-4-5-7-18(17)19/h4-7,14-16H,8-13,20H2,1-3H3. The maximum atomic E-state index is 6.37. The molecule has 2 nitrogen and oxygen atoms in total. The van der Waals surface area contributed by atoms with Crippen LogP contribution in [0.1, 0.15) is 57.1 Å². The lowest BCUT2D eigenvalue weighted by atomic mass is 9.70. The van der Waals surface area contributed by atoms with Gasteiger partial charge in [-0.15, -0.1) is 0 Å². The molecule has 21 heavy (non-hydrogen) atoms. The molecule has 1 fully saturated rings. The van der Waals surface area contributed by atoms with E-state index >= 15 is 0 Å². The summed E-state index contributed by atoms with van der Waals surface area (Å²) in [7, 11) is 0. The number of rotatable bonds is 2. The van der Waals surface area contributed by atoms with Gasteiger partial charge < -0.3 is 5.73 Å². The summed E-state index contributed by atoms with van der Waals surface area (Å²) in [4.78, 5) is 2.71. The van der Waals surface area contributed by atoms with Crippen molar-refractivity contribution in [2.24, 2.45) is 17.6 Å². The van der Waals surface area contributed by atoms with E-state index in [9.17, 15) is 0 Å². The molecule has 3 rings (SSSR count). The summed E-state index contributed by atoms with van der Waals surface area (Å²) in [5.41, 5.74) is 9.48. The van der Waals surface area contributed by atoms with Gasteiger partial charge in [-0.25, -0.2) is 0 Å². The Morgan fingerprint density at radius 3 is 2.62 bits per heavy atom. The Morgan fingerprint density at radius 2 is 1.90 bits per heavy atom. The van der Waals surface area contributed by atoms with Crippen molar-refractivity contribution in [2.75, 3.05) is 19.6 Å². The summed E-state index contributed by atoms with van der Waals surface area (Å²) in [5, 5.41) is 0. The average molecular weight is 286 g/mol. The Labute approximate surface area is 129 Å². The third-order valence-corrected chi connectivity index (χ3v) is 6.26. The van der Waals surface area contributed by atoms with E-state index in [0.717, 1.165) is 18.4 Å². The largest absolute Gasteiger partial charge is 0.328 e. The third kappa shape index (κ3) is 2.43. The van der Waals surface area contributed by atoms with Crippen LogP contribution in [0.15, 0.2) is 24.3 Å². The van der Waals surface area contributed by atoms with E-state index in [0.29, 0.717) is 5.92 Å². The Bertz CT molecular complexity index is 498. The molecule has 0 spiro atoms. The van der Waals surface area contributed by atoms with Gasteiger partial charge in [-0.05, 0) is 54.7 Å². The average Bonchev–Trinajstić information content (AvgIpc) is 2.51. The normalized spacial score (nSPS) is 37.2. The van der Waals surface area contributed by atoms with Gasteiger partial charge in [0.1, 0.15) is 0 Å². The van der Waals surface area contributed by atoms with Gasteiger partial charge in [0.05, 0.1) is 5.54 Å². The second-order valence-corrected chi connectivity index (χ2v) is 7.45. The topological polar surface area (TPSA) is 29.3 Å². The SMILES string of the molecule is CC1CCC(CN)(N2CCC(C)C(C)C2)c2ccccc21. The number of benzene rings is 1. The zero-order chi connectivity index (χ0) is 15.0. The van der Waals surface area contributed by atoms with E-state index in [4.69, 9.17) is 5.73 Å². The maximum Gasteiger partial charge on any atom is 0.0586 e. The van der Waals surface area contributed by atoms with Crippen LogP contribution in [0.2, 0.25) is 0 Å². The fourth-order valence-electron chi connectivity index (χ4n) is 4.42. The minimum atomic E-state index is 0.0809. The van der Waals surface area contributed by atoms with E-state index in [1.54, 1.807) is 0 Å². The van der Waals surface area contributed by atoms with Crippen molar-refractivity contribution in [2.45, 2.75) is 51.5 Å². The van der Waals surface area contributed by atoms with E-state index in [-0.39, 0.29) is 5.54 Å². The van der Waals surface area contributed by atoms with Crippen LogP contribution >= 0.6 is 0 Å². The molecule has 0 aromatic heterocycles. The zero-order valence-corrected chi connectivity index (χ0v) is 13.8. The van der Waals surface area contributed by atoms with Gasteiger partial charge >= 0.3 is 0 Å². The van der Waals surface area contributed by atoms with Crippen LogP contribution in [0, 0.1) is 11.8 Å². The number of piperidine rings is 1. The van der Waals surface area contributed by atoms with Gasteiger partial charge in [0.2, 0.25) is 0 Å². The highest BCUT2D eigenvalue weighted by Crippen LogP contribution is 2.45. The predicted octanol–water partition coefficient (Wildman–Crippen LogP) is 3.72. The zero-order valence-electron chi connectivity index (χ0n) is 13.8. The minimum Gasteiger partial charge on any atom is -0.328 e. The van der Waals surface area contributed by atoms with Gasteiger partial charge in [0.25, 0.3) is 0 Å². The van der Waals surface area contributed by atoms with Crippen molar-refractivity contribution in [3.05, 3.63) is 35.4 Å². The number of hydrogen-bond acceptors (Lipinski definition) is 2. The lowest BCUT2D eigenvalue weighted by molar-refractivity contribution is 0.0148. The van der Waals surface area contributed by atoms with E-state index < -0.39 is 0 Å². The molecule has 0 radical (unpaired) electrons. The quantitative estimate of drug-likeness (QED) is 0.898. The second kappa shape index (κ2) is 5.73. The summed E-state index contributed by atoms with van der Waals surface area (Å²) in [6.45, 7) is 10.3. The molecule has 1 aromatic rings. The molecule has 4 atom stereocenters. The summed E-state index contributed by atoms with van der Waals surface area (Å²) in [6.07, 6.45) is 3.78. The molecular weight excluding hydrogens is 256 g/mol. The summed E-state index contributed by atoms with van der Waals surface area (Å²) in [6, 6.07) is 9.03. The van der Waals surface area contributed by atoms with Crippen LogP contribution in [0.25, 0.3) is 0 Å². The van der Waals surface area contributed by atoms with E-state index in [1.165, 1.54) is 43.5 Å². The monoisotopic (exact) mass is 286 g/mol. The molecule has 0 amide bonds. The van der Waals surface area contributed by atoms with Gasteiger partial charge in [0.15, 0.2) is 0 Å². The predicted molar refractivity (Wildman–Crippen MR) is 89.3 cm³/mol. The molecule has 2 N–H and O–H groups in total. The van der Waals surface area contributed by atoms with Crippen molar-refractivity contribution < 1.29 is 0 Å². The van der Waals surface area contributed by atoms with Crippen LogP contribution in [0.3, 0.4) is 0 Å². The summed E-state index contributed by atoms with van der Waals surface area (Å²) < 4.78 is 0. The smallest absolute Gasteiger partial charge is 0.0586 e. The van der Waals surface area contributed by atoms with Gasteiger partial charge in [0, 0.05) is 13.1 Å². The molecule has 1 heterocycles. The summed E-state index contributed by atoms with van der Waals surface area (Å²) >= 11 is 0. The van der Waals surface area contributed by atoms with Crippen molar-refractivity contribution in [1.29, 1.82) is 0 Å². The molecule has 0 bridgehead atoms. The number of likely N-dealkylation sites (tertiary alicyclic amines) is 1. The third-order valence-electron chi connectivity index (χ3n) is 6.26. The number of nitrogens with zero attached hydrogens (tertiary/aromatic N) is 1. The van der Waals surface area contributed by atoms with Gasteiger partial charge in [-0.1, -0.05) is 45.0 Å². The van der Waals surface area contributed by atoms with Crippen LogP contribution in [0.4, 0.5) is 0 Å². The number of nitrogens with two attached hydrogens (primary N) is 1. The lowest BCUT2D eigenvalue weighted by Crippen LogP contribution is -2.57. The van der Waals surface area contributed by atoms with Crippen molar-refractivity contribution in [1.82, 2.24) is 4.90 Å². The minimum absolute atomic E-state index is 0.0809. The number of hydrogen-bond donors (Lipinski definition) is 1. The van der Waals surface area contributed by atoms with Crippen LogP contribution in [0.5, 0.6) is 0 Å². The van der Waals surface area contributed by atoms with Gasteiger partial charge in [-0.3, -0.25) is 4.90 Å². The molecule has 2 heteroatoms. The molecule has 2 aliphatic rings. The molecule has 1 saturated heterocycles. The van der Waals surface area contributed by atoms with Crippen molar-refractivity contribution in [3.63, 3.8) is 0 Å². The van der Waals surface area contributed by atoms with Crippen molar-refractivity contribution >= 4 is 0 Å². The Balaban J connectivity index is 1.99. The first kappa shape index (κ1) is 15.1. The Morgan fingerprint density at radius 1 is 1.14 bits per heavy atom. The lowest BCUT2D eigenvalue weighted by Gasteiger charge is -2.52. The summed E-state index contributed by atoms with van der Waals surface area (Å²) in [5.74, 6) is 2.28. The van der Waals surface area contributed by atoms with Crippen LogP contribution in [-0.2, 0) is 5.54 Å². The van der Waals surface area contributed by atoms with Gasteiger partial charge in [-0.2, -0.15) is 0 Å². The fourth-order valence-corrected chi connectivity index (χ4v) is 4.42. The molecular formula is C19H30N2. The van der Waals surface area contributed by atoms with Crippen LogP contribution < -0.4 is 5.73 Å². The van der Waals surface area contributed by atoms with Crippen LogP contribution in [-0.4, -0.2) is 24.5 Å². The van der Waals surface area contributed by atoms with Crippen molar-refractivity contribution in [3.8, 4) is 0 Å². The molecule has 116 valence electrons. The first-order chi connectivity index (χ1) is 10.1.